The van der Waals surface area contributed by atoms with Crippen LogP contribution in [0.25, 0.3) is 0 Å². The molecule has 2 aromatic carbocycles. The summed E-state index contributed by atoms with van der Waals surface area (Å²) < 4.78 is 37.7. The molecular formula is C19H25NO5S. The van der Waals surface area contributed by atoms with E-state index in [0.717, 1.165) is 5.56 Å². The zero-order valence-electron chi connectivity index (χ0n) is 14.8. The summed E-state index contributed by atoms with van der Waals surface area (Å²) in [5.74, 6) is 0.391. The van der Waals surface area contributed by atoms with Crippen LogP contribution < -0.4 is 9.46 Å². The first kappa shape index (κ1) is 20.4. The molecule has 142 valence electrons. The van der Waals surface area contributed by atoms with Crippen LogP contribution in [-0.2, 0) is 21.2 Å². The first-order chi connectivity index (χ1) is 12.5. The Kier molecular flexibility index (Phi) is 8.06. The molecule has 2 N–H and O–H groups in total. The third-order valence-corrected chi connectivity index (χ3v) is 5.32. The Hall–Kier alpha value is -1.93. The van der Waals surface area contributed by atoms with Crippen LogP contribution in [0.15, 0.2) is 59.5 Å². The third-order valence-electron chi connectivity index (χ3n) is 3.88. The minimum Gasteiger partial charge on any atom is -0.491 e. The molecule has 2 rings (SSSR count). The first-order valence-corrected chi connectivity index (χ1v) is 9.89. The van der Waals surface area contributed by atoms with E-state index in [-0.39, 0.29) is 24.0 Å². The molecule has 6 nitrogen and oxygen atoms in total. The lowest BCUT2D eigenvalue weighted by Crippen LogP contribution is -2.31. The lowest BCUT2D eigenvalue weighted by Gasteiger charge is -2.15. The van der Waals surface area contributed by atoms with E-state index >= 15 is 0 Å². The molecule has 26 heavy (non-hydrogen) atoms. The number of methoxy groups -OCH3 is 1. The van der Waals surface area contributed by atoms with Crippen molar-refractivity contribution in [3.8, 4) is 5.75 Å². The smallest absolute Gasteiger partial charge is 0.240 e. The SMILES string of the molecule is COCCOc1ccc(S(=O)(=O)NCC(CO)Cc2ccccc2)cc1. The number of hydrogen-bond acceptors (Lipinski definition) is 5. The highest BCUT2D eigenvalue weighted by Gasteiger charge is 2.17. The largest absolute Gasteiger partial charge is 0.491 e. The number of aliphatic hydroxyl groups excluding tert-OH is 1. The number of aliphatic hydroxyl groups is 1. The molecule has 0 amide bonds. The maximum atomic E-state index is 12.4. The standard InChI is InChI=1S/C19H25NO5S/c1-24-11-12-25-18-7-9-19(10-8-18)26(22,23)20-14-17(15-21)13-16-5-3-2-4-6-16/h2-10,17,20-21H,11-15H2,1H3. The van der Waals surface area contributed by atoms with Crippen molar-refractivity contribution in [3.63, 3.8) is 0 Å². The van der Waals surface area contributed by atoms with Gasteiger partial charge in [0, 0.05) is 20.3 Å². The first-order valence-electron chi connectivity index (χ1n) is 8.41. The van der Waals surface area contributed by atoms with Crippen molar-refractivity contribution in [2.24, 2.45) is 5.92 Å². The summed E-state index contributed by atoms with van der Waals surface area (Å²) in [5.41, 5.74) is 1.06. The zero-order valence-corrected chi connectivity index (χ0v) is 15.6. The van der Waals surface area contributed by atoms with E-state index in [1.807, 2.05) is 30.3 Å². The van der Waals surface area contributed by atoms with E-state index < -0.39 is 10.0 Å². The minimum atomic E-state index is -3.64. The van der Waals surface area contributed by atoms with Gasteiger partial charge in [0.15, 0.2) is 0 Å². The van der Waals surface area contributed by atoms with E-state index in [9.17, 15) is 13.5 Å². The Balaban J connectivity index is 1.92. The average Bonchev–Trinajstić information content (AvgIpc) is 2.66. The van der Waals surface area contributed by atoms with Crippen molar-refractivity contribution in [1.82, 2.24) is 4.72 Å². The lowest BCUT2D eigenvalue weighted by molar-refractivity contribution is 0.146. The molecule has 7 heteroatoms. The number of sulfonamides is 1. The Bertz CT molecular complexity index is 747. The van der Waals surface area contributed by atoms with E-state index in [0.29, 0.717) is 25.4 Å². The highest BCUT2D eigenvalue weighted by molar-refractivity contribution is 7.89. The lowest BCUT2D eigenvalue weighted by atomic mass is 10.0. The van der Waals surface area contributed by atoms with E-state index in [4.69, 9.17) is 9.47 Å². The summed E-state index contributed by atoms with van der Waals surface area (Å²) in [6.45, 7) is 0.938. The molecule has 0 fully saturated rings. The fourth-order valence-electron chi connectivity index (χ4n) is 2.42. The van der Waals surface area contributed by atoms with Crippen LogP contribution >= 0.6 is 0 Å². The van der Waals surface area contributed by atoms with Crippen LogP contribution in [0.1, 0.15) is 5.56 Å². The molecule has 0 aliphatic carbocycles. The monoisotopic (exact) mass is 379 g/mol. The Morgan fingerprint density at radius 2 is 1.73 bits per heavy atom. The van der Waals surface area contributed by atoms with Gasteiger partial charge in [-0.1, -0.05) is 30.3 Å². The molecule has 0 heterocycles. The number of hydrogen-bond donors (Lipinski definition) is 2. The maximum Gasteiger partial charge on any atom is 0.240 e. The van der Waals surface area contributed by atoms with Gasteiger partial charge in [0.25, 0.3) is 0 Å². The second-order valence-corrected chi connectivity index (χ2v) is 7.67. The quantitative estimate of drug-likeness (QED) is 0.582. The van der Waals surface area contributed by atoms with Gasteiger partial charge in [-0.15, -0.1) is 0 Å². The van der Waals surface area contributed by atoms with Crippen LogP contribution in [0.3, 0.4) is 0 Å². The number of nitrogens with one attached hydrogen (secondary N) is 1. The summed E-state index contributed by atoms with van der Waals surface area (Å²) in [6, 6.07) is 15.9. The summed E-state index contributed by atoms with van der Waals surface area (Å²) in [7, 11) is -2.06. The molecule has 0 saturated heterocycles. The zero-order chi connectivity index (χ0) is 18.8. The number of rotatable bonds is 11. The van der Waals surface area contributed by atoms with Gasteiger partial charge in [-0.25, -0.2) is 13.1 Å². The van der Waals surface area contributed by atoms with Crippen LogP contribution in [0.5, 0.6) is 5.75 Å². The van der Waals surface area contributed by atoms with Crippen molar-refractivity contribution in [2.75, 3.05) is 33.5 Å². The molecule has 0 bridgehead atoms. The predicted molar refractivity (Wildman–Crippen MR) is 99.7 cm³/mol. The molecule has 0 saturated carbocycles. The molecule has 0 aliphatic rings. The van der Waals surface area contributed by atoms with Gasteiger partial charge in [0.2, 0.25) is 10.0 Å². The summed E-state index contributed by atoms with van der Waals surface area (Å²) in [4.78, 5) is 0.160. The van der Waals surface area contributed by atoms with Gasteiger partial charge in [-0.2, -0.15) is 0 Å². The van der Waals surface area contributed by atoms with Crippen molar-refractivity contribution in [3.05, 3.63) is 60.2 Å². The predicted octanol–water partition coefficient (Wildman–Crippen LogP) is 1.84. The van der Waals surface area contributed by atoms with Crippen LogP contribution in [0, 0.1) is 5.92 Å². The highest BCUT2D eigenvalue weighted by Crippen LogP contribution is 2.16. The minimum absolute atomic E-state index is 0.0936. The molecule has 0 radical (unpaired) electrons. The summed E-state index contributed by atoms with van der Waals surface area (Å²) in [5, 5.41) is 9.53. The molecule has 1 unspecified atom stereocenters. The third kappa shape index (κ3) is 6.42. The van der Waals surface area contributed by atoms with Crippen LogP contribution in [-0.4, -0.2) is 47.0 Å². The summed E-state index contributed by atoms with van der Waals surface area (Å²) in [6.07, 6.45) is 0.603. The molecular weight excluding hydrogens is 354 g/mol. The Morgan fingerprint density at radius 3 is 2.35 bits per heavy atom. The molecule has 1 atom stereocenters. The van der Waals surface area contributed by atoms with Gasteiger partial charge >= 0.3 is 0 Å². The van der Waals surface area contributed by atoms with E-state index in [2.05, 4.69) is 4.72 Å². The van der Waals surface area contributed by atoms with Gasteiger partial charge < -0.3 is 14.6 Å². The van der Waals surface area contributed by atoms with E-state index in [1.165, 1.54) is 12.1 Å². The highest BCUT2D eigenvalue weighted by atomic mass is 32.2. The Labute approximate surface area is 154 Å². The summed E-state index contributed by atoms with van der Waals surface area (Å²) >= 11 is 0. The topological polar surface area (TPSA) is 84.9 Å². The normalized spacial score (nSPS) is 12.7. The fourth-order valence-corrected chi connectivity index (χ4v) is 3.53. The molecule has 0 spiro atoms. The Morgan fingerprint density at radius 1 is 1.04 bits per heavy atom. The fraction of sp³-hybridized carbons (Fsp3) is 0.368. The van der Waals surface area contributed by atoms with Crippen molar-refractivity contribution < 1.29 is 23.0 Å². The van der Waals surface area contributed by atoms with Gasteiger partial charge in [0.05, 0.1) is 11.5 Å². The van der Waals surface area contributed by atoms with Crippen LogP contribution in [0.2, 0.25) is 0 Å². The number of ether oxygens (including phenoxy) is 2. The van der Waals surface area contributed by atoms with Crippen molar-refractivity contribution >= 4 is 10.0 Å². The number of benzene rings is 2. The average molecular weight is 379 g/mol. The van der Waals surface area contributed by atoms with Crippen molar-refractivity contribution in [1.29, 1.82) is 0 Å². The van der Waals surface area contributed by atoms with Gasteiger partial charge in [0.1, 0.15) is 12.4 Å². The maximum absolute atomic E-state index is 12.4. The molecule has 0 aromatic heterocycles. The molecule has 2 aromatic rings. The second-order valence-electron chi connectivity index (χ2n) is 5.90. The van der Waals surface area contributed by atoms with Gasteiger partial charge in [-0.3, -0.25) is 0 Å². The van der Waals surface area contributed by atoms with Gasteiger partial charge in [-0.05, 0) is 42.2 Å². The molecule has 0 aliphatic heterocycles. The van der Waals surface area contributed by atoms with Crippen molar-refractivity contribution in [2.45, 2.75) is 11.3 Å². The van der Waals surface area contributed by atoms with Crippen LogP contribution in [0.4, 0.5) is 0 Å². The van der Waals surface area contributed by atoms with E-state index in [1.54, 1.807) is 19.2 Å². The second kappa shape index (κ2) is 10.3.